The van der Waals surface area contributed by atoms with Crippen molar-refractivity contribution in [3.05, 3.63) is 53.1 Å². The fraction of sp³-hybridized carbons (Fsp3) is 0.480. The van der Waals surface area contributed by atoms with Gasteiger partial charge in [-0.25, -0.2) is 8.42 Å². The summed E-state index contributed by atoms with van der Waals surface area (Å²) in [6.07, 6.45) is 3.80. The fourth-order valence-electron chi connectivity index (χ4n) is 5.02. The summed E-state index contributed by atoms with van der Waals surface area (Å²) in [6.45, 7) is 7.14. The number of hydrogen-bond acceptors (Lipinski definition) is 4. The van der Waals surface area contributed by atoms with Crippen LogP contribution in [0.3, 0.4) is 0 Å². The Morgan fingerprint density at radius 3 is 2.34 bits per heavy atom. The number of sulfonamides is 1. The summed E-state index contributed by atoms with van der Waals surface area (Å²) >= 11 is 0. The molecule has 32 heavy (non-hydrogen) atoms. The molecule has 0 N–H and O–H groups in total. The van der Waals surface area contributed by atoms with Gasteiger partial charge in [-0.15, -0.1) is 0 Å². The Kier molecular flexibility index (Phi) is 5.50. The van der Waals surface area contributed by atoms with E-state index in [-0.39, 0.29) is 11.8 Å². The normalized spacial score (nSPS) is 19.7. The maximum Gasteiger partial charge on any atom is 0.243 e. The summed E-state index contributed by atoms with van der Waals surface area (Å²) in [6, 6.07) is 11.7. The van der Waals surface area contributed by atoms with Gasteiger partial charge in [-0.05, 0) is 74.1 Å². The van der Waals surface area contributed by atoms with Crippen molar-refractivity contribution >= 4 is 27.3 Å². The highest BCUT2D eigenvalue weighted by molar-refractivity contribution is 7.89. The van der Waals surface area contributed by atoms with Crippen LogP contribution in [0.5, 0.6) is 0 Å². The summed E-state index contributed by atoms with van der Waals surface area (Å²) < 4.78 is 28.3. The Balaban J connectivity index is 1.30. The van der Waals surface area contributed by atoms with Crippen LogP contribution in [0.4, 0.5) is 11.4 Å². The maximum atomic E-state index is 13.4. The highest BCUT2D eigenvalue weighted by Crippen LogP contribution is 2.36. The van der Waals surface area contributed by atoms with Gasteiger partial charge in [0.25, 0.3) is 0 Å². The number of nitrogens with zero attached hydrogens (tertiary/aromatic N) is 3. The van der Waals surface area contributed by atoms with Gasteiger partial charge in [0.1, 0.15) is 0 Å². The lowest BCUT2D eigenvalue weighted by Crippen LogP contribution is -2.48. The third kappa shape index (κ3) is 3.71. The molecule has 2 aromatic rings. The first-order valence-electron chi connectivity index (χ1n) is 11.6. The van der Waals surface area contributed by atoms with E-state index in [1.165, 1.54) is 16.8 Å². The summed E-state index contributed by atoms with van der Waals surface area (Å²) in [5.41, 5.74) is 5.47. The summed E-state index contributed by atoms with van der Waals surface area (Å²) in [4.78, 5) is 17.2. The van der Waals surface area contributed by atoms with Crippen LogP contribution in [0.1, 0.15) is 36.0 Å². The first-order chi connectivity index (χ1) is 15.3. The first kappa shape index (κ1) is 21.5. The van der Waals surface area contributed by atoms with Gasteiger partial charge in [0, 0.05) is 50.0 Å². The molecular formula is C25H31N3O3S. The van der Waals surface area contributed by atoms with E-state index < -0.39 is 10.0 Å². The highest BCUT2D eigenvalue weighted by Gasteiger charge is 2.35. The van der Waals surface area contributed by atoms with Crippen LogP contribution in [0, 0.1) is 19.8 Å². The van der Waals surface area contributed by atoms with E-state index in [1.54, 1.807) is 16.4 Å². The minimum Gasteiger partial charge on any atom is -0.369 e. The lowest BCUT2D eigenvalue weighted by molar-refractivity contribution is -0.124. The molecule has 1 saturated carbocycles. The molecular weight excluding hydrogens is 422 g/mol. The molecule has 2 fully saturated rings. The number of carbonyl (C=O) groups excluding carboxylic acids is 1. The molecule has 7 heteroatoms. The molecule has 5 rings (SSSR count). The van der Waals surface area contributed by atoms with E-state index in [4.69, 9.17) is 0 Å². The largest absolute Gasteiger partial charge is 0.369 e. The predicted molar refractivity (Wildman–Crippen MR) is 127 cm³/mol. The second-order valence-corrected chi connectivity index (χ2v) is 11.3. The molecule has 0 unspecified atom stereocenters. The molecule has 0 spiro atoms. The molecule has 1 amide bonds. The van der Waals surface area contributed by atoms with Crippen LogP contribution >= 0.6 is 0 Å². The number of benzene rings is 2. The maximum absolute atomic E-state index is 13.4. The lowest BCUT2D eigenvalue weighted by atomic mass is 9.84. The zero-order valence-electron chi connectivity index (χ0n) is 18.9. The average Bonchev–Trinajstić information content (AvgIpc) is 3.18. The molecule has 2 aliphatic heterocycles. The number of hydrogen-bond donors (Lipinski definition) is 0. The van der Waals surface area contributed by atoms with Crippen molar-refractivity contribution in [2.45, 2.75) is 44.4 Å². The van der Waals surface area contributed by atoms with Gasteiger partial charge in [0.15, 0.2) is 0 Å². The van der Waals surface area contributed by atoms with Crippen molar-refractivity contribution in [3.63, 3.8) is 0 Å². The van der Waals surface area contributed by atoms with Crippen LogP contribution < -0.4 is 9.80 Å². The van der Waals surface area contributed by atoms with Crippen molar-refractivity contribution in [1.29, 1.82) is 0 Å². The second-order valence-electron chi connectivity index (χ2n) is 9.34. The zero-order valence-corrected chi connectivity index (χ0v) is 19.7. The minimum atomic E-state index is -3.55. The van der Waals surface area contributed by atoms with Gasteiger partial charge in [-0.2, -0.15) is 4.31 Å². The standard InChI is InChI=1S/C25H31N3O3S/c1-18-6-7-19(2)24(16-18)26-12-14-27(15-13-26)32(30,31)22-8-9-23-21(17-22)10-11-28(23)25(29)20-4-3-5-20/h6-9,16-17,20H,3-5,10-15H2,1-2H3. The van der Waals surface area contributed by atoms with Gasteiger partial charge in [0.2, 0.25) is 15.9 Å². The van der Waals surface area contributed by atoms with Crippen LogP contribution in [0.15, 0.2) is 41.3 Å². The Bertz CT molecular complexity index is 1150. The Labute approximate surface area is 190 Å². The number of aryl methyl sites for hydroxylation is 2. The van der Waals surface area contributed by atoms with E-state index in [9.17, 15) is 13.2 Å². The van der Waals surface area contributed by atoms with Crippen LogP contribution in [0.2, 0.25) is 0 Å². The Morgan fingerprint density at radius 1 is 0.906 bits per heavy atom. The van der Waals surface area contributed by atoms with Crippen molar-refractivity contribution in [2.24, 2.45) is 5.92 Å². The molecule has 0 aromatic heterocycles. The number of fused-ring (bicyclic) bond motifs is 1. The van der Waals surface area contributed by atoms with Crippen molar-refractivity contribution < 1.29 is 13.2 Å². The Morgan fingerprint density at radius 2 is 1.66 bits per heavy atom. The number of carbonyl (C=O) groups is 1. The van der Waals surface area contributed by atoms with E-state index in [2.05, 4.69) is 36.9 Å². The number of piperazine rings is 1. The topological polar surface area (TPSA) is 60.9 Å². The molecule has 0 radical (unpaired) electrons. The van der Waals surface area contributed by atoms with Gasteiger partial charge in [-0.1, -0.05) is 18.6 Å². The van der Waals surface area contributed by atoms with Gasteiger partial charge < -0.3 is 9.80 Å². The van der Waals surface area contributed by atoms with Gasteiger partial charge in [-0.3, -0.25) is 4.79 Å². The SMILES string of the molecule is Cc1ccc(C)c(N2CCN(S(=O)(=O)c3ccc4c(c3)CCN4C(=O)C3CCC3)CC2)c1. The molecule has 3 aliphatic rings. The highest BCUT2D eigenvalue weighted by atomic mass is 32.2. The summed E-state index contributed by atoms with van der Waals surface area (Å²) in [5.74, 6) is 0.353. The molecule has 1 aliphatic carbocycles. The second kappa shape index (κ2) is 8.19. The van der Waals surface area contributed by atoms with E-state index in [0.29, 0.717) is 37.6 Å². The smallest absolute Gasteiger partial charge is 0.243 e. The van der Waals surface area contributed by atoms with E-state index in [0.717, 1.165) is 36.9 Å². The molecule has 170 valence electrons. The fourth-order valence-corrected chi connectivity index (χ4v) is 6.49. The molecule has 2 heterocycles. The summed E-state index contributed by atoms with van der Waals surface area (Å²) in [5, 5.41) is 0. The summed E-state index contributed by atoms with van der Waals surface area (Å²) in [7, 11) is -3.55. The van der Waals surface area contributed by atoms with E-state index in [1.807, 2.05) is 11.0 Å². The third-order valence-corrected chi connectivity index (χ3v) is 9.14. The lowest BCUT2D eigenvalue weighted by Gasteiger charge is -2.36. The molecule has 0 bridgehead atoms. The van der Waals surface area contributed by atoms with Crippen LogP contribution in [0.25, 0.3) is 0 Å². The third-order valence-electron chi connectivity index (χ3n) is 7.25. The zero-order chi connectivity index (χ0) is 22.5. The van der Waals surface area contributed by atoms with Crippen molar-refractivity contribution in [1.82, 2.24) is 4.31 Å². The number of anilines is 2. The Hall–Kier alpha value is -2.38. The van der Waals surface area contributed by atoms with Crippen molar-refractivity contribution in [2.75, 3.05) is 42.5 Å². The molecule has 1 saturated heterocycles. The number of amides is 1. The quantitative estimate of drug-likeness (QED) is 0.711. The monoisotopic (exact) mass is 453 g/mol. The van der Waals surface area contributed by atoms with Crippen LogP contribution in [-0.2, 0) is 21.2 Å². The minimum absolute atomic E-state index is 0.151. The first-order valence-corrected chi connectivity index (χ1v) is 13.1. The molecule has 0 atom stereocenters. The van der Waals surface area contributed by atoms with E-state index >= 15 is 0 Å². The average molecular weight is 454 g/mol. The van der Waals surface area contributed by atoms with Crippen LogP contribution in [-0.4, -0.2) is 51.4 Å². The van der Waals surface area contributed by atoms with Gasteiger partial charge in [0.05, 0.1) is 4.90 Å². The molecule has 2 aromatic carbocycles. The predicted octanol–water partition coefficient (Wildman–Crippen LogP) is 3.50. The molecule has 6 nitrogen and oxygen atoms in total. The number of rotatable bonds is 4. The van der Waals surface area contributed by atoms with Crippen molar-refractivity contribution in [3.8, 4) is 0 Å². The van der Waals surface area contributed by atoms with Gasteiger partial charge >= 0.3 is 0 Å².